The van der Waals surface area contributed by atoms with Crippen molar-refractivity contribution in [3.63, 3.8) is 0 Å². The van der Waals surface area contributed by atoms with Gasteiger partial charge in [0.15, 0.2) is 23.1 Å². The molecule has 0 bridgehead atoms. The second kappa shape index (κ2) is 23.5. The number of halogens is 2. The van der Waals surface area contributed by atoms with Crippen LogP contribution in [0.3, 0.4) is 0 Å². The molecule has 4 heterocycles. The second-order valence-electron chi connectivity index (χ2n) is 20.4. The molecule has 2 saturated carbocycles. The fourth-order valence-electron chi connectivity index (χ4n) is 12.5. The van der Waals surface area contributed by atoms with Crippen molar-refractivity contribution in [2.45, 2.75) is 90.1 Å². The van der Waals surface area contributed by atoms with E-state index in [1.807, 2.05) is 24.3 Å². The summed E-state index contributed by atoms with van der Waals surface area (Å²) in [4.78, 5) is 0. The van der Waals surface area contributed by atoms with Gasteiger partial charge in [-0.2, -0.15) is 0 Å². The molecule has 5 atom stereocenters. The molecule has 0 radical (unpaired) electrons. The predicted octanol–water partition coefficient (Wildman–Crippen LogP) is 11.3. The summed E-state index contributed by atoms with van der Waals surface area (Å²) >= 11 is 0. The van der Waals surface area contributed by atoms with Crippen LogP contribution < -0.4 is 96.9 Å². The molecule has 9 heteroatoms. The zero-order chi connectivity index (χ0) is 49.4. The Labute approximate surface area is 488 Å². The third kappa shape index (κ3) is 10.7. The molecule has 0 unspecified atom stereocenters. The molecule has 0 saturated heterocycles. The summed E-state index contributed by atoms with van der Waals surface area (Å²) in [5.74, 6) is 1.43. The van der Waals surface area contributed by atoms with E-state index in [2.05, 4.69) is 153 Å². The molecule has 2 spiro atoms. The second-order valence-corrected chi connectivity index (χ2v) is 23.8. The molecular weight excluding hydrogens is 996 g/mol. The van der Waals surface area contributed by atoms with Gasteiger partial charge in [0.2, 0.25) is 0 Å². The Balaban J connectivity index is 0.000000141. The number of ether oxygens (including phenoxy) is 4. The Bertz CT molecular complexity index is 3070. The van der Waals surface area contributed by atoms with Crippen molar-refractivity contribution in [1.29, 1.82) is 0 Å². The Morgan fingerprint density at radius 1 is 0.413 bits per heavy atom. The normalized spacial score (nSPS) is 22.8. The molecule has 2 aliphatic carbocycles. The minimum Gasteiger partial charge on any atom is -0.472 e. The molecule has 75 heavy (non-hydrogen) atoms. The first-order valence-corrected chi connectivity index (χ1v) is 28.3. The molecule has 0 aromatic heterocycles. The number of aryl methyl sites for hydroxylation is 1. The fourth-order valence-corrected chi connectivity index (χ4v) is 15.9. The smallest absolute Gasteiger partial charge is 0.472 e. The summed E-state index contributed by atoms with van der Waals surface area (Å²) in [6.45, 7) is 2.17. The van der Waals surface area contributed by atoms with Crippen LogP contribution >= 0.6 is 16.5 Å². The van der Waals surface area contributed by atoms with Crippen molar-refractivity contribution in [2.75, 3.05) is 0 Å². The van der Waals surface area contributed by atoms with Crippen LogP contribution in [-0.4, -0.2) is 11.6 Å². The number of hydrogen-bond donors (Lipinski definition) is 0. The zero-order valence-electron chi connectivity index (χ0n) is 42.1. The van der Waals surface area contributed by atoms with Crippen molar-refractivity contribution >= 4 is 43.0 Å². The number of para-hydroxylation sites is 4. The average molecular weight is 1060 g/mol. The van der Waals surface area contributed by atoms with Gasteiger partial charge in [-0.3, -0.25) is 0 Å². The van der Waals surface area contributed by atoms with Gasteiger partial charge >= 0.3 is 51.4 Å². The molecule has 0 amide bonds. The first-order chi connectivity index (χ1) is 35.8. The summed E-state index contributed by atoms with van der Waals surface area (Å²) in [6, 6.07) is 66.3. The SMILES string of the molecule is C.Cc1cccc2c1O[C@]13Oc4c(cccc4P(c4ccccc4)c4ccccc4)C[C@H]1CCC[C@@H]3C2.Fc1cccc2c1OC13Oc4c(F)cccc4C[C@H]1CCC[C@@H]3C2.[K+].c1ccc([P-]c2ccccc2)cc1. The minimum absolute atomic E-state index is 0. The molecular formula is C66H63F2KO4P2. The predicted molar refractivity (Wildman–Crippen MR) is 299 cm³/mol. The maximum Gasteiger partial charge on any atom is 1.00 e. The molecule has 14 rings (SSSR count). The van der Waals surface area contributed by atoms with Gasteiger partial charge in [-0.05, 0) is 117 Å². The van der Waals surface area contributed by atoms with Crippen molar-refractivity contribution < 1.29 is 79.1 Å². The molecule has 0 N–H and O–H groups in total. The Morgan fingerprint density at radius 2 is 0.760 bits per heavy atom. The third-order valence-electron chi connectivity index (χ3n) is 15.9. The van der Waals surface area contributed by atoms with Gasteiger partial charge in [0, 0.05) is 29.0 Å². The van der Waals surface area contributed by atoms with Crippen LogP contribution in [0.2, 0.25) is 0 Å². The monoisotopic (exact) mass is 1060 g/mol. The van der Waals surface area contributed by atoms with Crippen LogP contribution in [0, 0.1) is 42.2 Å². The average Bonchev–Trinajstić information content (AvgIpc) is 3.46. The van der Waals surface area contributed by atoms with E-state index in [1.54, 1.807) is 12.1 Å². The van der Waals surface area contributed by atoms with Gasteiger partial charge in [0.25, 0.3) is 11.6 Å². The zero-order valence-corrected chi connectivity index (χ0v) is 47.1. The maximum atomic E-state index is 14.3. The van der Waals surface area contributed by atoms with E-state index in [9.17, 15) is 8.78 Å². The summed E-state index contributed by atoms with van der Waals surface area (Å²) in [5, 5.41) is 6.68. The number of hydrogen-bond acceptors (Lipinski definition) is 4. The Kier molecular flexibility index (Phi) is 16.8. The Morgan fingerprint density at radius 3 is 1.20 bits per heavy atom. The van der Waals surface area contributed by atoms with E-state index >= 15 is 0 Å². The summed E-state index contributed by atoms with van der Waals surface area (Å²) in [6.07, 6.45) is 10.1. The van der Waals surface area contributed by atoms with Crippen molar-refractivity contribution in [3.8, 4) is 23.0 Å². The minimum atomic E-state index is -0.942. The molecule has 8 aromatic rings. The molecule has 8 aromatic carbocycles. The van der Waals surface area contributed by atoms with E-state index in [1.165, 1.54) is 70.3 Å². The fraction of sp³-hybridized carbons (Fsp3) is 0.273. The largest absolute Gasteiger partial charge is 1.00 e. The van der Waals surface area contributed by atoms with Crippen LogP contribution in [0.4, 0.5) is 8.78 Å². The van der Waals surface area contributed by atoms with Gasteiger partial charge < -0.3 is 27.5 Å². The molecule has 4 aliphatic heterocycles. The molecule has 376 valence electrons. The van der Waals surface area contributed by atoms with E-state index in [-0.39, 0.29) is 93.8 Å². The number of benzene rings is 8. The van der Waals surface area contributed by atoms with Gasteiger partial charge in [0.05, 0.1) is 0 Å². The van der Waals surface area contributed by atoms with Crippen molar-refractivity contribution in [1.82, 2.24) is 0 Å². The number of fused-ring (bicyclic) bond motifs is 4. The van der Waals surface area contributed by atoms with Gasteiger partial charge in [-0.1, -0.05) is 202 Å². The molecule has 6 aliphatic rings. The van der Waals surface area contributed by atoms with E-state index in [0.29, 0.717) is 24.7 Å². The van der Waals surface area contributed by atoms with Crippen LogP contribution in [0.5, 0.6) is 23.0 Å². The standard InChI is InChI=1S/C33H31O2P.C20H18F2O2.C12H10P.CH4.K/c1-23-11-8-12-24-21-26-14-10-15-27-22-25-13-9-20-30(32(25)35-33(26,27)34-31(23)24)36(28-16-4-2-5-17-28)29-18-6-3-7-19-29;21-16-8-1-4-12-10-14-6-3-7-15-11-13-5-2-9-17(22)19(13)24-20(14,15)23-18(12)16;1-3-7-11(8-4-1)13-12-9-5-2-6-10-12;;/h2-9,11-13,16-20,26-27H,10,14-15,21-22H2,1H3;1-2,4-5,8-9,14-15H,3,6-7,10-11H2;1-10H;1H4;/q;;-1;;+1/t26-,27-,33-;14-,15-,20?;;;/m11.../s1. The molecule has 2 fully saturated rings. The van der Waals surface area contributed by atoms with Gasteiger partial charge in [-0.15, -0.1) is 0 Å². The van der Waals surface area contributed by atoms with E-state index < -0.39 is 19.5 Å². The van der Waals surface area contributed by atoms with Gasteiger partial charge in [-0.25, -0.2) is 19.4 Å². The molecule has 4 nitrogen and oxygen atoms in total. The van der Waals surface area contributed by atoms with Crippen LogP contribution in [-0.2, 0) is 25.7 Å². The van der Waals surface area contributed by atoms with Crippen LogP contribution in [0.1, 0.15) is 73.8 Å². The van der Waals surface area contributed by atoms with E-state index in [4.69, 9.17) is 18.9 Å². The summed E-state index contributed by atoms with van der Waals surface area (Å²) in [7, 11) is 0.530. The summed E-state index contributed by atoms with van der Waals surface area (Å²) < 4.78 is 55.4. The third-order valence-corrected chi connectivity index (χ3v) is 19.5. The van der Waals surface area contributed by atoms with Crippen LogP contribution in [0.25, 0.3) is 0 Å². The van der Waals surface area contributed by atoms with Crippen molar-refractivity contribution in [2.24, 2.45) is 23.7 Å². The Hall–Kier alpha value is -4.68. The van der Waals surface area contributed by atoms with Gasteiger partial charge in [0.1, 0.15) is 11.5 Å². The van der Waals surface area contributed by atoms with Crippen molar-refractivity contribution in [3.05, 3.63) is 234 Å². The maximum absolute atomic E-state index is 14.3. The first kappa shape index (κ1) is 53.7. The topological polar surface area (TPSA) is 36.9 Å². The number of rotatable bonds is 5. The van der Waals surface area contributed by atoms with E-state index in [0.717, 1.165) is 67.6 Å². The summed E-state index contributed by atoms with van der Waals surface area (Å²) in [5.41, 5.74) is 5.65. The quantitative estimate of drug-likeness (QED) is 0.127. The first-order valence-electron chi connectivity index (χ1n) is 26.1. The van der Waals surface area contributed by atoms with Crippen LogP contribution in [0.15, 0.2) is 194 Å².